The van der Waals surface area contributed by atoms with Crippen LogP contribution in [0.2, 0.25) is 0 Å². The summed E-state index contributed by atoms with van der Waals surface area (Å²) in [6.45, 7) is 0. The SMILES string of the molecule is O=C(CCc1ccccn1)Cc1ccc(F)c(F)c1. The second kappa shape index (κ2) is 6.18. The molecule has 1 heterocycles. The van der Waals surface area contributed by atoms with Crippen LogP contribution in [-0.4, -0.2) is 10.8 Å². The number of nitrogens with zero attached hydrogens (tertiary/aromatic N) is 1. The molecule has 2 nitrogen and oxygen atoms in total. The van der Waals surface area contributed by atoms with E-state index in [-0.39, 0.29) is 12.2 Å². The molecule has 0 atom stereocenters. The number of aryl methyl sites for hydroxylation is 1. The molecule has 0 amide bonds. The molecule has 4 heteroatoms. The average Bonchev–Trinajstić information content (AvgIpc) is 2.42. The molecule has 1 aromatic carbocycles. The molecular weight excluding hydrogens is 248 g/mol. The van der Waals surface area contributed by atoms with Crippen molar-refractivity contribution in [3.63, 3.8) is 0 Å². The summed E-state index contributed by atoms with van der Waals surface area (Å²) in [5.41, 5.74) is 1.34. The molecule has 0 saturated carbocycles. The number of hydrogen-bond donors (Lipinski definition) is 0. The van der Waals surface area contributed by atoms with Gasteiger partial charge in [0.1, 0.15) is 5.78 Å². The zero-order chi connectivity index (χ0) is 13.7. The van der Waals surface area contributed by atoms with Gasteiger partial charge in [0.15, 0.2) is 11.6 Å². The first-order valence-corrected chi connectivity index (χ1v) is 6.00. The molecule has 1 aromatic heterocycles. The van der Waals surface area contributed by atoms with Gasteiger partial charge in [0.25, 0.3) is 0 Å². The minimum absolute atomic E-state index is 0.0170. The van der Waals surface area contributed by atoms with Gasteiger partial charge in [0, 0.05) is 24.7 Å². The Hall–Kier alpha value is -2.10. The quantitative estimate of drug-likeness (QED) is 0.827. The van der Waals surface area contributed by atoms with Gasteiger partial charge in [-0.25, -0.2) is 8.78 Å². The summed E-state index contributed by atoms with van der Waals surface area (Å²) in [5.74, 6) is -1.84. The summed E-state index contributed by atoms with van der Waals surface area (Å²) in [6, 6.07) is 9.06. The van der Waals surface area contributed by atoms with Crippen LogP contribution in [0.5, 0.6) is 0 Å². The molecule has 2 aromatic rings. The van der Waals surface area contributed by atoms with Gasteiger partial charge < -0.3 is 0 Å². The summed E-state index contributed by atoms with van der Waals surface area (Å²) in [4.78, 5) is 15.9. The zero-order valence-electron chi connectivity index (χ0n) is 10.3. The van der Waals surface area contributed by atoms with Gasteiger partial charge in [-0.2, -0.15) is 0 Å². The Balaban J connectivity index is 1.89. The van der Waals surface area contributed by atoms with Crippen molar-refractivity contribution >= 4 is 5.78 Å². The number of hydrogen-bond acceptors (Lipinski definition) is 2. The third-order valence-corrected chi connectivity index (χ3v) is 2.77. The number of rotatable bonds is 5. The van der Waals surface area contributed by atoms with Gasteiger partial charge >= 0.3 is 0 Å². The summed E-state index contributed by atoms with van der Waals surface area (Å²) < 4.78 is 25.7. The fourth-order valence-corrected chi connectivity index (χ4v) is 1.78. The largest absolute Gasteiger partial charge is 0.299 e. The van der Waals surface area contributed by atoms with Crippen LogP contribution in [0.15, 0.2) is 42.6 Å². The van der Waals surface area contributed by atoms with Crippen molar-refractivity contribution < 1.29 is 13.6 Å². The molecule has 0 bridgehead atoms. The van der Waals surface area contributed by atoms with E-state index in [1.807, 2.05) is 18.2 Å². The lowest BCUT2D eigenvalue weighted by Gasteiger charge is -2.02. The van der Waals surface area contributed by atoms with E-state index in [4.69, 9.17) is 0 Å². The lowest BCUT2D eigenvalue weighted by Crippen LogP contribution is -2.05. The highest BCUT2D eigenvalue weighted by atomic mass is 19.2. The average molecular weight is 261 g/mol. The molecule has 0 aliphatic heterocycles. The second-order valence-electron chi connectivity index (χ2n) is 4.28. The summed E-state index contributed by atoms with van der Waals surface area (Å²) in [7, 11) is 0. The van der Waals surface area contributed by atoms with Crippen molar-refractivity contribution in [2.45, 2.75) is 19.3 Å². The maximum atomic E-state index is 13.0. The predicted molar refractivity (Wildman–Crippen MR) is 67.6 cm³/mol. The molecule has 19 heavy (non-hydrogen) atoms. The molecule has 0 fully saturated rings. The predicted octanol–water partition coefficient (Wildman–Crippen LogP) is 3.10. The first-order valence-electron chi connectivity index (χ1n) is 6.00. The second-order valence-corrected chi connectivity index (χ2v) is 4.28. The fraction of sp³-hybridized carbons (Fsp3) is 0.200. The van der Waals surface area contributed by atoms with Crippen LogP contribution in [-0.2, 0) is 17.6 Å². The molecule has 2 rings (SSSR count). The van der Waals surface area contributed by atoms with E-state index >= 15 is 0 Å². The van der Waals surface area contributed by atoms with Gasteiger partial charge in [-0.1, -0.05) is 12.1 Å². The molecule has 0 aliphatic rings. The highest BCUT2D eigenvalue weighted by Crippen LogP contribution is 2.10. The molecule has 0 spiro atoms. The fourth-order valence-electron chi connectivity index (χ4n) is 1.78. The van der Waals surface area contributed by atoms with Crippen LogP contribution in [0.4, 0.5) is 8.78 Å². The topological polar surface area (TPSA) is 30.0 Å². The lowest BCUT2D eigenvalue weighted by atomic mass is 10.0. The highest BCUT2D eigenvalue weighted by molar-refractivity contribution is 5.81. The van der Waals surface area contributed by atoms with E-state index in [1.165, 1.54) is 6.07 Å². The van der Waals surface area contributed by atoms with Crippen LogP contribution in [0, 0.1) is 11.6 Å². The number of halogens is 2. The maximum Gasteiger partial charge on any atom is 0.159 e. The van der Waals surface area contributed by atoms with Crippen molar-refractivity contribution in [2.24, 2.45) is 0 Å². The number of carbonyl (C=O) groups is 1. The number of benzene rings is 1. The zero-order valence-corrected chi connectivity index (χ0v) is 10.3. The van der Waals surface area contributed by atoms with Crippen LogP contribution in [0.25, 0.3) is 0 Å². The molecule has 0 N–H and O–H groups in total. The first-order chi connectivity index (χ1) is 9.15. The number of aromatic nitrogens is 1. The standard InChI is InChI=1S/C15H13F2NO/c16-14-7-4-11(10-15(14)17)9-13(19)6-5-12-3-1-2-8-18-12/h1-4,7-8,10H,5-6,9H2. The summed E-state index contributed by atoms with van der Waals surface area (Å²) >= 11 is 0. The third kappa shape index (κ3) is 3.95. The van der Waals surface area contributed by atoms with E-state index in [0.29, 0.717) is 18.4 Å². The van der Waals surface area contributed by atoms with Crippen molar-refractivity contribution in [3.05, 3.63) is 65.5 Å². The molecular formula is C15H13F2NO. The minimum atomic E-state index is -0.921. The van der Waals surface area contributed by atoms with E-state index in [9.17, 15) is 13.6 Å². The monoisotopic (exact) mass is 261 g/mol. The Morgan fingerprint density at radius 2 is 1.95 bits per heavy atom. The normalized spacial score (nSPS) is 10.4. The van der Waals surface area contributed by atoms with E-state index < -0.39 is 11.6 Å². The van der Waals surface area contributed by atoms with Crippen LogP contribution < -0.4 is 0 Å². The van der Waals surface area contributed by atoms with Gasteiger partial charge in [-0.3, -0.25) is 9.78 Å². The number of Topliss-reactive ketones (excluding diaryl/α,β-unsaturated/α-hetero) is 1. The van der Waals surface area contributed by atoms with Crippen molar-refractivity contribution in [3.8, 4) is 0 Å². The maximum absolute atomic E-state index is 13.0. The van der Waals surface area contributed by atoms with Crippen molar-refractivity contribution in [1.82, 2.24) is 4.98 Å². The summed E-state index contributed by atoms with van der Waals surface area (Å²) in [5, 5.41) is 0. The smallest absolute Gasteiger partial charge is 0.159 e. The molecule has 0 aliphatic carbocycles. The molecule has 0 saturated heterocycles. The van der Waals surface area contributed by atoms with Crippen LogP contribution in [0.3, 0.4) is 0 Å². The Morgan fingerprint density at radius 1 is 1.11 bits per heavy atom. The van der Waals surface area contributed by atoms with Gasteiger partial charge in [-0.15, -0.1) is 0 Å². The van der Waals surface area contributed by atoms with Crippen molar-refractivity contribution in [1.29, 1.82) is 0 Å². The molecule has 0 unspecified atom stereocenters. The summed E-state index contributed by atoms with van der Waals surface area (Å²) in [6.07, 6.45) is 2.69. The third-order valence-electron chi connectivity index (χ3n) is 2.77. The van der Waals surface area contributed by atoms with E-state index in [0.717, 1.165) is 17.8 Å². The minimum Gasteiger partial charge on any atom is -0.299 e. The van der Waals surface area contributed by atoms with E-state index in [2.05, 4.69) is 4.98 Å². The van der Waals surface area contributed by atoms with Gasteiger partial charge in [-0.05, 0) is 36.2 Å². The lowest BCUT2D eigenvalue weighted by molar-refractivity contribution is -0.118. The highest BCUT2D eigenvalue weighted by Gasteiger charge is 2.08. The number of carbonyl (C=O) groups excluding carboxylic acids is 1. The number of ketones is 1. The Labute approximate surface area is 110 Å². The van der Waals surface area contributed by atoms with Crippen LogP contribution in [0.1, 0.15) is 17.7 Å². The van der Waals surface area contributed by atoms with E-state index in [1.54, 1.807) is 6.20 Å². The van der Waals surface area contributed by atoms with Crippen LogP contribution >= 0.6 is 0 Å². The first kappa shape index (κ1) is 13.3. The Bertz CT molecular complexity index is 570. The Morgan fingerprint density at radius 3 is 2.63 bits per heavy atom. The molecule has 0 radical (unpaired) electrons. The van der Waals surface area contributed by atoms with Gasteiger partial charge in [0.2, 0.25) is 0 Å². The van der Waals surface area contributed by atoms with Crippen molar-refractivity contribution in [2.75, 3.05) is 0 Å². The molecule has 98 valence electrons. The Kier molecular flexibility index (Phi) is 4.34. The number of pyridine rings is 1. The van der Waals surface area contributed by atoms with Gasteiger partial charge in [0.05, 0.1) is 0 Å².